The molecule has 0 unspecified atom stereocenters. The molecule has 0 fully saturated rings. The molecular weight excluding hydrogens is 348 g/mol. The van der Waals surface area contributed by atoms with Gasteiger partial charge in [0.25, 0.3) is 5.91 Å². The van der Waals surface area contributed by atoms with Crippen LogP contribution in [0.4, 0.5) is 5.13 Å². The second-order valence-corrected chi connectivity index (χ2v) is 5.48. The Labute approximate surface area is 127 Å². The number of nitrogens with zero attached hydrogens (tertiary/aromatic N) is 1. The summed E-state index contributed by atoms with van der Waals surface area (Å²) in [6.45, 7) is 1.87. The highest BCUT2D eigenvalue weighted by molar-refractivity contribution is 9.10. The fourth-order valence-electron chi connectivity index (χ4n) is 1.49. The van der Waals surface area contributed by atoms with E-state index in [1.807, 2.05) is 6.92 Å². The first-order valence-electron chi connectivity index (χ1n) is 5.69. The van der Waals surface area contributed by atoms with Crippen LogP contribution in [0.3, 0.4) is 0 Å². The number of carbonyl (C=O) groups excluding carboxylic acids is 2. The first kappa shape index (κ1) is 14.7. The molecule has 106 valence electrons. The molecule has 0 aromatic carbocycles. The van der Waals surface area contributed by atoms with Gasteiger partial charge in [-0.2, -0.15) is 0 Å². The van der Waals surface area contributed by atoms with Crippen LogP contribution in [0.5, 0.6) is 0 Å². The number of methoxy groups -OCH3 is 1. The lowest BCUT2D eigenvalue weighted by molar-refractivity contribution is 0.0604. The average molecular weight is 359 g/mol. The Hall–Kier alpha value is -1.67. The molecule has 0 aliphatic heterocycles. The van der Waals surface area contributed by atoms with Gasteiger partial charge in [0, 0.05) is 0 Å². The number of carbonyl (C=O) groups is 2. The van der Waals surface area contributed by atoms with Crippen LogP contribution in [0.1, 0.15) is 32.8 Å². The maximum atomic E-state index is 11.9. The van der Waals surface area contributed by atoms with Crippen molar-refractivity contribution in [3.63, 3.8) is 0 Å². The van der Waals surface area contributed by atoms with Crippen molar-refractivity contribution in [3.05, 3.63) is 33.1 Å². The Bertz CT molecular complexity index is 650. The predicted octanol–water partition coefficient (Wildman–Crippen LogP) is 3.10. The van der Waals surface area contributed by atoms with Crippen LogP contribution in [0.15, 0.2) is 21.2 Å². The van der Waals surface area contributed by atoms with Crippen molar-refractivity contribution in [1.29, 1.82) is 0 Å². The second-order valence-electron chi connectivity index (χ2n) is 3.70. The summed E-state index contributed by atoms with van der Waals surface area (Å²) in [6.07, 6.45) is 0.573. The normalized spacial score (nSPS) is 10.3. The van der Waals surface area contributed by atoms with Crippen molar-refractivity contribution in [2.45, 2.75) is 13.3 Å². The van der Waals surface area contributed by atoms with Gasteiger partial charge in [-0.15, -0.1) is 0 Å². The summed E-state index contributed by atoms with van der Waals surface area (Å²) < 4.78 is 10.3. The molecular formula is C12H11BrN2O4S. The zero-order chi connectivity index (χ0) is 14.7. The van der Waals surface area contributed by atoms with Crippen LogP contribution >= 0.6 is 27.3 Å². The van der Waals surface area contributed by atoms with E-state index in [-0.39, 0.29) is 5.76 Å². The van der Waals surface area contributed by atoms with Crippen molar-refractivity contribution < 1.29 is 18.7 Å². The van der Waals surface area contributed by atoms with Gasteiger partial charge < -0.3 is 9.15 Å². The van der Waals surface area contributed by atoms with Crippen LogP contribution in [-0.2, 0) is 11.2 Å². The number of ether oxygens (including phenoxy) is 1. The Kier molecular flexibility index (Phi) is 4.56. The quantitative estimate of drug-likeness (QED) is 0.849. The van der Waals surface area contributed by atoms with Gasteiger partial charge in [-0.25, -0.2) is 9.78 Å². The second kappa shape index (κ2) is 6.19. The number of hydrogen-bond acceptors (Lipinski definition) is 6. The first-order chi connectivity index (χ1) is 9.55. The highest BCUT2D eigenvalue weighted by Gasteiger charge is 2.19. The van der Waals surface area contributed by atoms with Crippen LogP contribution in [0.25, 0.3) is 0 Å². The zero-order valence-electron chi connectivity index (χ0n) is 10.7. The van der Waals surface area contributed by atoms with Gasteiger partial charge in [-0.1, -0.05) is 18.3 Å². The van der Waals surface area contributed by atoms with Crippen molar-refractivity contribution >= 4 is 44.3 Å². The maximum absolute atomic E-state index is 11.9. The summed E-state index contributed by atoms with van der Waals surface area (Å²) >= 11 is 4.20. The number of nitrogens with one attached hydrogen (secondary N) is 1. The fourth-order valence-corrected chi connectivity index (χ4v) is 2.77. The zero-order valence-corrected chi connectivity index (χ0v) is 13.1. The van der Waals surface area contributed by atoms with E-state index >= 15 is 0 Å². The molecule has 2 aromatic rings. The highest BCUT2D eigenvalue weighted by Crippen LogP contribution is 2.25. The van der Waals surface area contributed by atoms with Gasteiger partial charge in [0.05, 0.1) is 12.8 Å². The summed E-state index contributed by atoms with van der Waals surface area (Å²) in [5.41, 5.74) is 0.595. The lowest BCUT2D eigenvalue weighted by Gasteiger charge is -1.96. The van der Waals surface area contributed by atoms with E-state index < -0.39 is 11.9 Å². The summed E-state index contributed by atoms with van der Waals surface area (Å²) in [4.78, 5) is 28.1. The summed E-state index contributed by atoms with van der Waals surface area (Å²) in [5.74, 6) is -0.728. The van der Waals surface area contributed by atoms with Crippen LogP contribution < -0.4 is 5.32 Å². The lowest BCUT2D eigenvalue weighted by Crippen LogP contribution is -2.10. The number of aromatic nitrogens is 1. The molecule has 0 radical (unpaired) electrons. The predicted molar refractivity (Wildman–Crippen MR) is 77.2 cm³/mol. The summed E-state index contributed by atoms with van der Waals surface area (Å²) in [6, 6.07) is 3.16. The third-order valence-corrected chi connectivity index (χ3v) is 3.84. The number of esters is 1. The van der Waals surface area contributed by atoms with Crippen LogP contribution in [0.2, 0.25) is 0 Å². The van der Waals surface area contributed by atoms with Gasteiger partial charge in [-0.05, 0) is 34.5 Å². The van der Waals surface area contributed by atoms with Gasteiger partial charge in [0.1, 0.15) is 4.88 Å². The summed E-state index contributed by atoms with van der Waals surface area (Å²) in [5, 5.41) is 2.92. The average Bonchev–Trinajstić information content (AvgIpc) is 3.04. The molecule has 2 rings (SSSR count). The summed E-state index contributed by atoms with van der Waals surface area (Å²) in [7, 11) is 1.31. The number of anilines is 1. The minimum Gasteiger partial charge on any atom is -0.465 e. The van der Waals surface area contributed by atoms with Gasteiger partial charge >= 0.3 is 5.97 Å². The maximum Gasteiger partial charge on any atom is 0.350 e. The van der Waals surface area contributed by atoms with E-state index in [9.17, 15) is 9.59 Å². The van der Waals surface area contributed by atoms with Crippen molar-refractivity contribution in [2.75, 3.05) is 12.4 Å². The molecule has 0 saturated carbocycles. The number of aryl methyl sites for hydroxylation is 1. The number of amides is 1. The Morgan fingerprint density at radius 1 is 1.50 bits per heavy atom. The van der Waals surface area contributed by atoms with Crippen LogP contribution in [0, 0.1) is 0 Å². The van der Waals surface area contributed by atoms with Crippen molar-refractivity contribution in [1.82, 2.24) is 4.98 Å². The molecule has 6 nitrogen and oxygen atoms in total. The van der Waals surface area contributed by atoms with E-state index in [0.717, 1.165) is 11.3 Å². The van der Waals surface area contributed by atoms with Crippen LogP contribution in [-0.4, -0.2) is 24.0 Å². The molecule has 1 N–H and O–H groups in total. The number of hydrogen-bond donors (Lipinski definition) is 1. The molecule has 0 aliphatic carbocycles. The topological polar surface area (TPSA) is 81.4 Å². The number of thiazole rings is 1. The first-order valence-corrected chi connectivity index (χ1v) is 7.30. The standard InChI is InChI=1S/C12H11BrN2O4S/c1-3-6-9(11(17)18-2)20-12(14-6)15-10(16)7-4-5-8(13)19-7/h4-5H,3H2,1-2H3,(H,14,15,16). The molecule has 1 amide bonds. The van der Waals surface area contributed by atoms with Gasteiger partial charge in [-0.3, -0.25) is 10.1 Å². The largest absolute Gasteiger partial charge is 0.465 e. The van der Waals surface area contributed by atoms with E-state index in [1.165, 1.54) is 13.2 Å². The van der Waals surface area contributed by atoms with E-state index in [1.54, 1.807) is 6.07 Å². The van der Waals surface area contributed by atoms with E-state index in [0.29, 0.717) is 26.8 Å². The fraction of sp³-hybridized carbons (Fsp3) is 0.250. The number of furan rings is 1. The third-order valence-electron chi connectivity index (χ3n) is 2.42. The third kappa shape index (κ3) is 3.07. The Balaban J connectivity index is 2.19. The number of rotatable bonds is 4. The molecule has 0 atom stereocenters. The molecule has 0 saturated heterocycles. The minimum atomic E-state index is -0.458. The Morgan fingerprint density at radius 2 is 2.25 bits per heavy atom. The molecule has 0 bridgehead atoms. The van der Waals surface area contributed by atoms with Crippen molar-refractivity contribution in [2.24, 2.45) is 0 Å². The minimum absolute atomic E-state index is 0.157. The highest BCUT2D eigenvalue weighted by atomic mass is 79.9. The SMILES string of the molecule is CCc1nc(NC(=O)c2ccc(Br)o2)sc1C(=O)OC. The van der Waals surface area contributed by atoms with Gasteiger partial charge in [0.2, 0.25) is 0 Å². The smallest absolute Gasteiger partial charge is 0.350 e. The molecule has 0 aliphatic rings. The Morgan fingerprint density at radius 3 is 2.80 bits per heavy atom. The monoisotopic (exact) mass is 358 g/mol. The van der Waals surface area contributed by atoms with E-state index in [4.69, 9.17) is 4.42 Å². The molecule has 0 spiro atoms. The molecule has 2 aromatic heterocycles. The molecule has 20 heavy (non-hydrogen) atoms. The van der Waals surface area contributed by atoms with E-state index in [2.05, 4.69) is 31.0 Å². The lowest BCUT2D eigenvalue weighted by atomic mass is 10.3. The molecule has 8 heteroatoms. The number of halogens is 1. The molecule has 2 heterocycles. The van der Waals surface area contributed by atoms with Crippen molar-refractivity contribution in [3.8, 4) is 0 Å². The van der Waals surface area contributed by atoms with Gasteiger partial charge in [0.15, 0.2) is 15.6 Å².